The molecule has 0 aliphatic rings. The first-order chi connectivity index (χ1) is 12.3. The summed E-state index contributed by atoms with van der Waals surface area (Å²) in [5.41, 5.74) is 1.33. The summed E-state index contributed by atoms with van der Waals surface area (Å²) in [4.78, 5) is 14.7. The number of benzene rings is 2. The highest BCUT2D eigenvalue weighted by Gasteiger charge is 2.30. The zero-order valence-corrected chi connectivity index (χ0v) is 13.5. The fourth-order valence-electron chi connectivity index (χ4n) is 2.46. The number of oxazole rings is 1. The van der Waals surface area contributed by atoms with E-state index >= 15 is 0 Å². The molecule has 0 saturated carbocycles. The highest BCUT2D eigenvalue weighted by atomic mass is 19.4. The molecule has 0 saturated heterocycles. The van der Waals surface area contributed by atoms with Gasteiger partial charge in [0.15, 0.2) is 5.58 Å². The number of aromatic nitrogens is 1. The van der Waals surface area contributed by atoms with E-state index in [-0.39, 0.29) is 17.9 Å². The SMILES string of the molecule is O=C(O)CCNCc1ccc2nc(-c3cccc(C(F)(F)F)c3)oc2c1. The van der Waals surface area contributed by atoms with E-state index in [0.717, 1.165) is 17.7 Å². The molecule has 3 rings (SSSR count). The molecule has 0 amide bonds. The molecule has 3 aromatic rings. The van der Waals surface area contributed by atoms with E-state index in [9.17, 15) is 18.0 Å². The number of hydrogen-bond acceptors (Lipinski definition) is 4. The minimum atomic E-state index is -4.43. The zero-order valence-electron chi connectivity index (χ0n) is 13.5. The molecule has 2 N–H and O–H groups in total. The van der Waals surface area contributed by atoms with Crippen LogP contribution in [-0.2, 0) is 17.5 Å². The Balaban J connectivity index is 1.80. The second-order valence-electron chi connectivity index (χ2n) is 5.72. The summed E-state index contributed by atoms with van der Waals surface area (Å²) in [6, 6.07) is 10.1. The molecule has 0 spiro atoms. The minimum absolute atomic E-state index is 0.0181. The fourth-order valence-corrected chi connectivity index (χ4v) is 2.46. The number of nitrogens with zero attached hydrogens (tertiary/aromatic N) is 1. The Kier molecular flexibility index (Phi) is 4.94. The summed E-state index contributed by atoms with van der Waals surface area (Å²) in [5, 5.41) is 11.6. The predicted octanol–water partition coefficient (Wildman–Crippen LogP) is 4.08. The first-order valence-corrected chi connectivity index (χ1v) is 7.82. The standard InChI is InChI=1S/C18H15F3N2O3/c19-18(20,21)13-3-1-2-12(9-13)17-23-14-5-4-11(8-15(14)26-17)10-22-7-6-16(24)25/h1-5,8-9,22H,6-7,10H2,(H,24,25). The third kappa shape index (κ3) is 4.20. The Hall–Kier alpha value is -2.87. The van der Waals surface area contributed by atoms with Crippen LogP contribution in [0.2, 0.25) is 0 Å². The zero-order chi connectivity index (χ0) is 18.7. The molecule has 0 bridgehead atoms. The summed E-state index contributed by atoms with van der Waals surface area (Å²) >= 11 is 0. The first kappa shape index (κ1) is 17.9. The summed E-state index contributed by atoms with van der Waals surface area (Å²) < 4.78 is 44.1. The molecule has 1 aromatic heterocycles. The highest BCUT2D eigenvalue weighted by molar-refractivity contribution is 5.77. The molecule has 0 aliphatic carbocycles. The molecule has 1 heterocycles. The van der Waals surface area contributed by atoms with Crippen LogP contribution >= 0.6 is 0 Å². The maximum atomic E-state index is 12.8. The second kappa shape index (κ2) is 7.17. The van der Waals surface area contributed by atoms with Crippen LogP contribution in [0.5, 0.6) is 0 Å². The van der Waals surface area contributed by atoms with E-state index in [1.807, 2.05) is 0 Å². The summed E-state index contributed by atoms with van der Waals surface area (Å²) in [5.74, 6) is -0.768. The van der Waals surface area contributed by atoms with Crippen LogP contribution in [0.25, 0.3) is 22.6 Å². The molecule has 8 heteroatoms. The van der Waals surface area contributed by atoms with E-state index in [4.69, 9.17) is 9.52 Å². The van der Waals surface area contributed by atoms with Crippen molar-refractivity contribution in [1.29, 1.82) is 0 Å². The van der Waals surface area contributed by atoms with Crippen molar-refractivity contribution in [2.45, 2.75) is 19.1 Å². The number of alkyl halides is 3. The molecule has 5 nitrogen and oxygen atoms in total. The Morgan fingerprint density at radius 1 is 1.19 bits per heavy atom. The van der Waals surface area contributed by atoms with Gasteiger partial charge < -0.3 is 14.8 Å². The Labute approximate surface area is 146 Å². The monoisotopic (exact) mass is 364 g/mol. The van der Waals surface area contributed by atoms with Crippen molar-refractivity contribution < 1.29 is 27.5 Å². The summed E-state index contributed by atoms with van der Waals surface area (Å²) in [6.07, 6.45) is -4.42. The van der Waals surface area contributed by atoms with Crippen molar-refractivity contribution in [3.63, 3.8) is 0 Å². The van der Waals surface area contributed by atoms with Gasteiger partial charge in [0.1, 0.15) is 5.52 Å². The lowest BCUT2D eigenvalue weighted by atomic mass is 10.1. The molecule has 0 atom stereocenters. The van der Waals surface area contributed by atoms with E-state index < -0.39 is 17.7 Å². The van der Waals surface area contributed by atoms with Crippen molar-refractivity contribution in [1.82, 2.24) is 10.3 Å². The van der Waals surface area contributed by atoms with E-state index in [1.165, 1.54) is 12.1 Å². The maximum Gasteiger partial charge on any atom is 0.416 e. The molecule has 0 radical (unpaired) electrons. The topological polar surface area (TPSA) is 75.4 Å². The van der Waals surface area contributed by atoms with Crippen LogP contribution < -0.4 is 5.32 Å². The molecule has 26 heavy (non-hydrogen) atoms. The van der Waals surface area contributed by atoms with Crippen LogP contribution in [0.15, 0.2) is 46.9 Å². The van der Waals surface area contributed by atoms with Gasteiger partial charge >= 0.3 is 12.1 Å². The summed E-state index contributed by atoms with van der Waals surface area (Å²) in [7, 11) is 0. The van der Waals surface area contributed by atoms with Crippen molar-refractivity contribution in [3.05, 3.63) is 53.6 Å². The molecule has 0 aliphatic heterocycles. The van der Waals surface area contributed by atoms with Crippen LogP contribution in [0.4, 0.5) is 13.2 Å². The number of carbonyl (C=O) groups is 1. The Morgan fingerprint density at radius 2 is 2.00 bits per heavy atom. The maximum absolute atomic E-state index is 12.8. The van der Waals surface area contributed by atoms with Crippen molar-refractivity contribution >= 4 is 17.1 Å². The third-order valence-electron chi connectivity index (χ3n) is 3.73. The number of fused-ring (bicyclic) bond motifs is 1. The van der Waals surface area contributed by atoms with Gasteiger partial charge in [-0.2, -0.15) is 13.2 Å². The van der Waals surface area contributed by atoms with Crippen molar-refractivity contribution in [3.8, 4) is 11.5 Å². The third-order valence-corrected chi connectivity index (χ3v) is 3.73. The van der Waals surface area contributed by atoms with E-state index in [2.05, 4.69) is 10.3 Å². The first-order valence-electron chi connectivity index (χ1n) is 7.82. The number of nitrogens with one attached hydrogen (secondary N) is 1. The van der Waals surface area contributed by atoms with Gasteiger partial charge in [-0.3, -0.25) is 4.79 Å². The van der Waals surface area contributed by atoms with Gasteiger partial charge in [-0.05, 0) is 35.9 Å². The minimum Gasteiger partial charge on any atom is -0.481 e. The molecular weight excluding hydrogens is 349 g/mol. The molecule has 0 fully saturated rings. The average molecular weight is 364 g/mol. The van der Waals surface area contributed by atoms with Gasteiger partial charge in [-0.15, -0.1) is 0 Å². The largest absolute Gasteiger partial charge is 0.481 e. The number of aliphatic carboxylic acids is 1. The van der Waals surface area contributed by atoms with Crippen molar-refractivity contribution in [2.75, 3.05) is 6.54 Å². The van der Waals surface area contributed by atoms with Gasteiger partial charge in [-0.1, -0.05) is 12.1 Å². The fraction of sp³-hybridized carbons (Fsp3) is 0.222. The normalized spacial score (nSPS) is 11.8. The lowest BCUT2D eigenvalue weighted by Crippen LogP contribution is -2.17. The average Bonchev–Trinajstić information content (AvgIpc) is 3.01. The van der Waals surface area contributed by atoms with Gasteiger partial charge in [0.2, 0.25) is 5.89 Å². The number of carboxylic acids is 1. The highest BCUT2D eigenvalue weighted by Crippen LogP contribution is 2.32. The Bertz CT molecular complexity index is 935. The quantitative estimate of drug-likeness (QED) is 0.645. The van der Waals surface area contributed by atoms with E-state index in [1.54, 1.807) is 18.2 Å². The molecule has 0 unspecified atom stereocenters. The van der Waals surface area contributed by atoms with Gasteiger partial charge in [-0.25, -0.2) is 4.98 Å². The van der Waals surface area contributed by atoms with Crippen LogP contribution in [0.1, 0.15) is 17.5 Å². The van der Waals surface area contributed by atoms with Gasteiger partial charge in [0.05, 0.1) is 12.0 Å². The van der Waals surface area contributed by atoms with Crippen LogP contribution in [-0.4, -0.2) is 22.6 Å². The van der Waals surface area contributed by atoms with Crippen molar-refractivity contribution in [2.24, 2.45) is 0 Å². The number of rotatable bonds is 6. The number of hydrogen-bond donors (Lipinski definition) is 2. The number of halogens is 3. The second-order valence-corrected chi connectivity index (χ2v) is 5.72. The molecule has 136 valence electrons. The smallest absolute Gasteiger partial charge is 0.416 e. The van der Waals surface area contributed by atoms with Crippen LogP contribution in [0.3, 0.4) is 0 Å². The van der Waals surface area contributed by atoms with Crippen LogP contribution in [0, 0.1) is 0 Å². The van der Waals surface area contributed by atoms with Gasteiger partial charge in [0.25, 0.3) is 0 Å². The molecule has 2 aromatic carbocycles. The Morgan fingerprint density at radius 3 is 2.73 bits per heavy atom. The number of carboxylic acid groups (broad SMARTS) is 1. The lowest BCUT2D eigenvalue weighted by molar-refractivity contribution is -0.138. The van der Waals surface area contributed by atoms with E-state index in [0.29, 0.717) is 24.2 Å². The lowest BCUT2D eigenvalue weighted by Gasteiger charge is -2.06. The predicted molar refractivity (Wildman–Crippen MR) is 88.4 cm³/mol. The molecular formula is C18H15F3N2O3. The summed E-state index contributed by atoms with van der Waals surface area (Å²) in [6.45, 7) is 0.780. The van der Waals surface area contributed by atoms with Gasteiger partial charge in [0, 0.05) is 18.7 Å².